The maximum atomic E-state index is 11.6. The Labute approximate surface area is 137 Å². The van der Waals surface area contributed by atoms with Gasteiger partial charge in [0.15, 0.2) is 0 Å². The van der Waals surface area contributed by atoms with E-state index in [0.717, 1.165) is 25.5 Å². The van der Waals surface area contributed by atoms with Crippen molar-refractivity contribution in [2.45, 2.75) is 88.3 Å². The molecular weight excluding hydrogens is 355 g/mol. The summed E-state index contributed by atoms with van der Waals surface area (Å²) in [5.41, 5.74) is 2.89. The van der Waals surface area contributed by atoms with Gasteiger partial charge < -0.3 is 0 Å². The van der Waals surface area contributed by atoms with Crippen LogP contribution in [0.25, 0.3) is 0 Å². The van der Waals surface area contributed by atoms with Crippen molar-refractivity contribution in [2.75, 3.05) is 0 Å². The molecule has 0 saturated carbocycles. The summed E-state index contributed by atoms with van der Waals surface area (Å²) in [5.74, 6) is 0. The van der Waals surface area contributed by atoms with E-state index < -0.39 is 3.62 Å². The second-order valence-corrected chi connectivity index (χ2v) is 10.4. The maximum absolute atomic E-state index is 11.6. The number of ether oxygens (including phenoxy) is 1. The molecule has 0 aromatic rings. The molecule has 0 amide bonds. The van der Waals surface area contributed by atoms with E-state index in [2.05, 4.69) is 20.8 Å². The van der Waals surface area contributed by atoms with Crippen LogP contribution in [0.3, 0.4) is 0 Å². The van der Waals surface area contributed by atoms with Crippen LogP contribution in [0.15, 0.2) is 11.1 Å². The number of unbranched alkanes of at least 4 members (excludes halogenated alkanes) is 3. The quantitative estimate of drug-likeness (QED) is 0.326. The average Bonchev–Trinajstić information content (AvgIpc) is 2.73. The molecule has 1 heterocycles. The molecule has 2 unspecified atom stereocenters. The van der Waals surface area contributed by atoms with Gasteiger partial charge in [0, 0.05) is 0 Å². The van der Waals surface area contributed by atoms with Crippen molar-refractivity contribution in [3.05, 3.63) is 11.1 Å². The first-order chi connectivity index (χ1) is 9.62. The summed E-state index contributed by atoms with van der Waals surface area (Å²) in [5, 5.41) is 0. The molecule has 1 aliphatic heterocycles. The van der Waals surface area contributed by atoms with Crippen molar-refractivity contribution in [2.24, 2.45) is 0 Å². The van der Waals surface area contributed by atoms with Crippen LogP contribution in [0.5, 0.6) is 0 Å². The van der Waals surface area contributed by atoms with Crippen molar-refractivity contribution in [3.63, 3.8) is 0 Å². The van der Waals surface area contributed by atoms with Gasteiger partial charge in [-0.25, -0.2) is 0 Å². The number of aldehydes is 1. The molecule has 3 heteroatoms. The summed E-state index contributed by atoms with van der Waals surface area (Å²) in [6, 6.07) is 0. The minimum atomic E-state index is -0.446. The molecule has 2 atom stereocenters. The Hall–Kier alpha value is 0.169. The molecule has 0 fully saturated rings. The minimum absolute atomic E-state index is 0.173. The van der Waals surface area contributed by atoms with Gasteiger partial charge in [-0.15, -0.1) is 0 Å². The summed E-state index contributed by atoms with van der Waals surface area (Å²) >= 11 is 0.173. The average molecular weight is 387 g/mol. The van der Waals surface area contributed by atoms with E-state index in [9.17, 15) is 4.79 Å². The van der Waals surface area contributed by atoms with Gasteiger partial charge >= 0.3 is 138 Å². The number of hydrogen-bond donors (Lipinski definition) is 0. The van der Waals surface area contributed by atoms with Crippen LogP contribution < -0.4 is 0 Å². The van der Waals surface area contributed by atoms with E-state index in [1.54, 1.807) is 0 Å². The molecule has 2 nitrogen and oxygen atoms in total. The molecule has 116 valence electrons. The number of carbonyl (C=O) groups is 1. The van der Waals surface area contributed by atoms with Gasteiger partial charge in [-0.05, 0) is 0 Å². The summed E-state index contributed by atoms with van der Waals surface area (Å²) < 4.78 is 5.82. The number of carbonyl (C=O) groups excluding carboxylic acids is 1. The van der Waals surface area contributed by atoms with E-state index in [1.807, 2.05) is 0 Å². The molecule has 20 heavy (non-hydrogen) atoms. The molecule has 0 aliphatic carbocycles. The SMILES string of the molecule is CCCCC1=C(CCCC)[C]([SnH3])(C=O)OC1CCCC. The normalized spacial score (nSPS) is 26.4. The molecule has 0 saturated heterocycles. The molecular formula is C17H32O2Sn. The molecule has 0 aromatic heterocycles. The van der Waals surface area contributed by atoms with E-state index in [1.165, 1.54) is 49.7 Å². The Morgan fingerprint density at radius 3 is 2.25 bits per heavy atom. The third-order valence-electron chi connectivity index (χ3n) is 4.39. The van der Waals surface area contributed by atoms with Gasteiger partial charge in [0.2, 0.25) is 0 Å². The Bertz CT molecular complexity index is 338. The van der Waals surface area contributed by atoms with Gasteiger partial charge in [0.05, 0.1) is 0 Å². The molecule has 0 aromatic carbocycles. The molecule has 0 bridgehead atoms. The second kappa shape index (κ2) is 9.24. The van der Waals surface area contributed by atoms with Crippen molar-refractivity contribution >= 4 is 28.8 Å². The first-order valence-electron chi connectivity index (χ1n) is 8.49. The topological polar surface area (TPSA) is 26.3 Å². The van der Waals surface area contributed by atoms with Gasteiger partial charge in [0.1, 0.15) is 0 Å². The Kier molecular flexibility index (Phi) is 8.42. The van der Waals surface area contributed by atoms with Crippen LogP contribution in [0.2, 0.25) is 0 Å². The first kappa shape index (κ1) is 18.2. The van der Waals surface area contributed by atoms with Crippen molar-refractivity contribution in [1.29, 1.82) is 0 Å². The predicted octanol–water partition coefficient (Wildman–Crippen LogP) is 3.51. The monoisotopic (exact) mass is 388 g/mol. The van der Waals surface area contributed by atoms with Gasteiger partial charge in [-0.3, -0.25) is 0 Å². The summed E-state index contributed by atoms with van der Waals surface area (Å²) in [6.07, 6.45) is 11.9. The third-order valence-corrected chi connectivity index (χ3v) is 7.46. The third kappa shape index (κ3) is 4.59. The van der Waals surface area contributed by atoms with Crippen LogP contribution in [0.4, 0.5) is 0 Å². The zero-order valence-electron chi connectivity index (χ0n) is 13.8. The number of hydrogen-bond acceptors (Lipinski definition) is 2. The molecule has 1 rings (SSSR count). The van der Waals surface area contributed by atoms with Crippen LogP contribution in [-0.4, -0.2) is 38.5 Å². The number of rotatable bonds is 10. The Morgan fingerprint density at radius 1 is 1.10 bits per heavy atom. The Morgan fingerprint density at radius 2 is 1.70 bits per heavy atom. The van der Waals surface area contributed by atoms with Crippen LogP contribution in [0, 0.1) is 0 Å². The van der Waals surface area contributed by atoms with Crippen LogP contribution in [-0.2, 0) is 9.53 Å². The van der Waals surface area contributed by atoms with Gasteiger partial charge in [-0.2, -0.15) is 0 Å². The van der Waals surface area contributed by atoms with Gasteiger partial charge in [0.25, 0.3) is 0 Å². The molecule has 0 N–H and O–H groups in total. The molecule has 0 radical (unpaired) electrons. The van der Waals surface area contributed by atoms with Gasteiger partial charge in [-0.1, -0.05) is 0 Å². The fourth-order valence-electron chi connectivity index (χ4n) is 3.11. The zero-order chi connectivity index (χ0) is 15.0. The standard InChI is InChI=1S/C17H29O2.Sn.3H/c1-4-7-10-14-15(11-8-5-2)17(13-18)19-16(14)12-9-6-3;;;;/h13,16H,4-12H2,1-3H3;;;;. The van der Waals surface area contributed by atoms with Crippen molar-refractivity contribution in [1.82, 2.24) is 0 Å². The summed E-state index contributed by atoms with van der Waals surface area (Å²) in [7, 11) is 0. The fraction of sp³-hybridized carbons (Fsp3) is 0.824. The predicted molar refractivity (Wildman–Crippen MR) is 89.2 cm³/mol. The van der Waals surface area contributed by atoms with Crippen molar-refractivity contribution in [3.8, 4) is 0 Å². The van der Waals surface area contributed by atoms with E-state index in [0.29, 0.717) is 0 Å². The second-order valence-electron chi connectivity index (χ2n) is 6.18. The van der Waals surface area contributed by atoms with Crippen LogP contribution >= 0.6 is 0 Å². The zero-order valence-corrected chi connectivity index (χ0v) is 19.5. The molecule has 0 spiro atoms. The fourth-order valence-corrected chi connectivity index (χ4v) is 5.56. The van der Waals surface area contributed by atoms with E-state index >= 15 is 0 Å². The molecule has 1 aliphatic rings. The van der Waals surface area contributed by atoms with E-state index in [4.69, 9.17) is 4.74 Å². The van der Waals surface area contributed by atoms with Crippen molar-refractivity contribution < 1.29 is 9.53 Å². The Balaban J connectivity index is 2.97. The summed E-state index contributed by atoms with van der Waals surface area (Å²) in [4.78, 5) is 11.6. The first-order valence-corrected chi connectivity index (χ1v) is 11.3. The van der Waals surface area contributed by atoms with E-state index in [-0.39, 0.29) is 28.6 Å². The van der Waals surface area contributed by atoms with Crippen LogP contribution in [0.1, 0.15) is 78.6 Å². The summed E-state index contributed by atoms with van der Waals surface area (Å²) in [6.45, 7) is 6.68.